The van der Waals surface area contributed by atoms with Crippen molar-refractivity contribution in [3.05, 3.63) is 11.7 Å². The van der Waals surface area contributed by atoms with Crippen LogP contribution in [-0.2, 0) is 6.42 Å². The van der Waals surface area contributed by atoms with Crippen molar-refractivity contribution in [2.45, 2.75) is 38.6 Å². The third-order valence-electron chi connectivity index (χ3n) is 2.41. The molecule has 72 valence electrons. The van der Waals surface area contributed by atoms with Gasteiger partial charge in [-0.3, -0.25) is 0 Å². The van der Waals surface area contributed by atoms with Crippen molar-refractivity contribution in [3.63, 3.8) is 0 Å². The number of piperidine rings is 1. The highest BCUT2D eigenvalue weighted by Gasteiger charge is 2.19. The Balaban J connectivity index is 2.05. The minimum atomic E-state index is 0.317. The molecular weight excluding hydrogens is 166 g/mol. The summed E-state index contributed by atoms with van der Waals surface area (Å²) in [6.07, 6.45) is 4.46. The Hall–Kier alpha value is -0.900. The molecule has 0 spiro atoms. The average molecular weight is 181 g/mol. The van der Waals surface area contributed by atoms with E-state index in [1.165, 1.54) is 12.8 Å². The molecule has 0 radical (unpaired) electrons. The van der Waals surface area contributed by atoms with Crippen LogP contribution in [0.25, 0.3) is 0 Å². The molecule has 2 rings (SSSR count). The van der Waals surface area contributed by atoms with E-state index in [1.807, 2.05) is 6.92 Å². The second-order valence-electron chi connectivity index (χ2n) is 3.40. The number of aryl methyl sites for hydroxylation is 1. The van der Waals surface area contributed by atoms with Gasteiger partial charge in [-0.05, 0) is 19.4 Å². The normalized spacial score (nSPS) is 23.3. The first kappa shape index (κ1) is 8.69. The van der Waals surface area contributed by atoms with Gasteiger partial charge in [-0.25, -0.2) is 0 Å². The van der Waals surface area contributed by atoms with E-state index in [2.05, 4.69) is 15.5 Å². The summed E-state index contributed by atoms with van der Waals surface area (Å²) in [7, 11) is 0. The summed E-state index contributed by atoms with van der Waals surface area (Å²) in [6.45, 7) is 3.09. The number of rotatable bonds is 2. The van der Waals surface area contributed by atoms with Crippen molar-refractivity contribution in [1.82, 2.24) is 15.5 Å². The molecule has 0 amide bonds. The lowest BCUT2D eigenvalue weighted by molar-refractivity contribution is 0.350. The number of hydrogen-bond donors (Lipinski definition) is 1. The zero-order valence-corrected chi connectivity index (χ0v) is 7.92. The molecule has 0 aromatic carbocycles. The molecule has 1 saturated heterocycles. The van der Waals surface area contributed by atoms with Gasteiger partial charge in [0.25, 0.3) is 0 Å². The molecule has 4 heteroatoms. The SMILES string of the molecule is CCc1nc([C@@H]2CCCCN2)no1. The van der Waals surface area contributed by atoms with Gasteiger partial charge in [-0.2, -0.15) is 4.98 Å². The van der Waals surface area contributed by atoms with Crippen LogP contribution in [0, 0.1) is 0 Å². The van der Waals surface area contributed by atoms with E-state index in [0.717, 1.165) is 31.1 Å². The third kappa shape index (κ3) is 1.88. The van der Waals surface area contributed by atoms with Gasteiger partial charge in [0.05, 0.1) is 6.04 Å². The Labute approximate surface area is 77.7 Å². The number of nitrogens with zero attached hydrogens (tertiary/aromatic N) is 2. The van der Waals surface area contributed by atoms with E-state index in [1.54, 1.807) is 0 Å². The van der Waals surface area contributed by atoms with Crippen LogP contribution in [0.3, 0.4) is 0 Å². The number of hydrogen-bond acceptors (Lipinski definition) is 4. The van der Waals surface area contributed by atoms with E-state index >= 15 is 0 Å². The van der Waals surface area contributed by atoms with Crippen LogP contribution < -0.4 is 5.32 Å². The Morgan fingerprint density at radius 3 is 3.08 bits per heavy atom. The molecule has 13 heavy (non-hydrogen) atoms. The van der Waals surface area contributed by atoms with Crippen molar-refractivity contribution in [3.8, 4) is 0 Å². The summed E-state index contributed by atoms with van der Waals surface area (Å²) in [5, 5.41) is 7.35. The monoisotopic (exact) mass is 181 g/mol. The summed E-state index contributed by atoms with van der Waals surface area (Å²) >= 11 is 0. The molecule has 1 fully saturated rings. The van der Waals surface area contributed by atoms with Crippen molar-refractivity contribution >= 4 is 0 Å². The predicted molar refractivity (Wildman–Crippen MR) is 48.3 cm³/mol. The van der Waals surface area contributed by atoms with Crippen molar-refractivity contribution in [2.75, 3.05) is 6.54 Å². The highest BCUT2D eigenvalue weighted by Crippen LogP contribution is 2.20. The number of aromatic nitrogens is 2. The van der Waals surface area contributed by atoms with Crippen LogP contribution >= 0.6 is 0 Å². The van der Waals surface area contributed by atoms with Crippen LogP contribution in [-0.4, -0.2) is 16.7 Å². The first-order valence-corrected chi connectivity index (χ1v) is 4.96. The molecule has 4 nitrogen and oxygen atoms in total. The van der Waals surface area contributed by atoms with E-state index in [0.29, 0.717) is 6.04 Å². The third-order valence-corrected chi connectivity index (χ3v) is 2.41. The van der Waals surface area contributed by atoms with Crippen LogP contribution in [0.1, 0.15) is 43.9 Å². The van der Waals surface area contributed by atoms with Crippen LogP contribution in [0.2, 0.25) is 0 Å². The fourth-order valence-electron chi connectivity index (χ4n) is 1.63. The van der Waals surface area contributed by atoms with Gasteiger partial charge in [0.2, 0.25) is 5.89 Å². The maximum absolute atomic E-state index is 5.07. The Morgan fingerprint density at radius 2 is 2.46 bits per heavy atom. The predicted octanol–water partition coefficient (Wildman–Crippen LogP) is 1.45. The minimum absolute atomic E-state index is 0.317. The van der Waals surface area contributed by atoms with E-state index < -0.39 is 0 Å². The Kier molecular flexibility index (Phi) is 2.59. The minimum Gasteiger partial charge on any atom is -0.339 e. The molecule has 1 aliphatic heterocycles. The van der Waals surface area contributed by atoms with Gasteiger partial charge in [0, 0.05) is 6.42 Å². The second-order valence-corrected chi connectivity index (χ2v) is 3.40. The molecule has 1 aromatic heterocycles. The maximum atomic E-state index is 5.07. The lowest BCUT2D eigenvalue weighted by atomic mass is 10.0. The smallest absolute Gasteiger partial charge is 0.226 e. The van der Waals surface area contributed by atoms with Gasteiger partial charge in [-0.15, -0.1) is 0 Å². The number of nitrogens with one attached hydrogen (secondary N) is 1. The molecule has 1 atom stereocenters. The summed E-state index contributed by atoms with van der Waals surface area (Å²) in [4.78, 5) is 4.31. The molecule has 0 saturated carbocycles. The topological polar surface area (TPSA) is 51.0 Å². The lowest BCUT2D eigenvalue weighted by Gasteiger charge is -2.19. The van der Waals surface area contributed by atoms with Gasteiger partial charge >= 0.3 is 0 Å². The molecule has 1 aromatic rings. The summed E-state index contributed by atoms with van der Waals surface area (Å²) in [6, 6.07) is 0.317. The van der Waals surface area contributed by atoms with Gasteiger partial charge < -0.3 is 9.84 Å². The largest absolute Gasteiger partial charge is 0.339 e. The molecule has 1 N–H and O–H groups in total. The molecule has 0 unspecified atom stereocenters. The highest BCUT2D eigenvalue weighted by molar-refractivity contribution is 4.95. The van der Waals surface area contributed by atoms with Crippen molar-refractivity contribution < 1.29 is 4.52 Å². The lowest BCUT2D eigenvalue weighted by Crippen LogP contribution is -2.27. The second kappa shape index (κ2) is 3.87. The van der Waals surface area contributed by atoms with E-state index in [4.69, 9.17) is 4.52 Å². The zero-order chi connectivity index (χ0) is 9.10. The molecule has 1 aliphatic rings. The molecular formula is C9H15N3O. The molecule has 0 bridgehead atoms. The Bertz CT molecular complexity index is 266. The summed E-state index contributed by atoms with van der Waals surface area (Å²) in [5.41, 5.74) is 0. The Morgan fingerprint density at radius 1 is 1.54 bits per heavy atom. The quantitative estimate of drug-likeness (QED) is 0.750. The van der Waals surface area contributed by atoms with Gasteiger partial charge in [0.15, 0.2) is 5.82 Å². The summed E-state index contributed by atoms with van der Waals surface area (Å²) in [5.74, 6) is 1.57. The van der Waals surface area contributed by atoms with Crippen LogP contribution in [0.4, 0.5) is 0 Å². The molecule has 2 heterocycles. The van der Waals surface area contributed by atoms with Crippen LogP contribution in [0.15, 0.2) is 4.52 Å². The van der Waals surface area contributed by atoms with Crippen molar-refractivity contribution in [2.24, 2.45) is 0 Å². The van der Waals surface area contributed by atoms with Gasteiger partial charge in [0.1, 0.15) is 0 Å². The highest BCUT2D eigenvalue weighted by atomic mass is 16.5. The first-order valence-electron chi connectivity index (χ1n) is 4.96. The first-order chi connectivity index (χ1) is 6.40. The zero-order valence-electron chi connectivity index (χ0n) is 7.92. The fourth-order valence-corrected chi connectivity index (χ4v) is 1.63. The summed E-state index contributed by atoms with van der Waals surface area (Å²) < 4.78 is 5.07. The van der Waals surface area contributed by atoms with Crippen molar-refractivity contribution in [1.29, 1.82) is 0 Å². The average Bonchev–Trinajstić information content (AvgIpc) is 2.67. The maximum Gasteiger partial charge on any atom is 0.226 e. The van der Waals surface area contributed by atoms with Crippen LogP contribution in [0.5, 0.6) is 0 Å². The van der Waals surface area contributed by atoms with E-state index in [9.17, 15) is 0 Å². The standard InChI is InChI=1S/C9H15N3O/c1-2-8-11-9(12-13-8)7-5-3-4-6-10-7/h7,10H,2-6H2,1H3/t7-/m0/s1. The van der Waals surface area contributed by atoms with Gasteiger partial charge in [-0.1, -0.05) is 18.5 Å². The molecule has 0 aliphatic carbocycles. The van der Waals surface area contributed by atoms with E-state index in [-0.39, 0.29) is 0 Å². The fraction of sp³-hybridized carbons (Fsp3) is 0.778.